The van der Waals surface area contributed by atoms with Crippen molar-refractivity contribution in [1.82, 2.24) is 19.7 Å². The van der Waals surface area contributed by atoms with Gasteiger partial charge in [0, 0.05) is 13.1 Å². The van der Waals surface area contributed by atoms with E-state index in [-0.39, 0.29) is 17.4 Å². The topological polar surface area (TPSA) is 93.1 Å². The fourth-order valence-corrected chi connectivity index (χ4v) is 4.80. The van der Waals surface area contributed by atoms with Crippen LogP contribution >= 0.6 is 0 Å². The lowest BCUT2D eigenvalue weighted by atomic mass is 9.81. The van der Waals surface area contributed by atoms with E-state index >= 15 is 0 Å². The van der Waals surface area contributed by atoms with E-state index in [0.29, 0.717) is 30.1 Å². The first-order valence-corrected chi connectivity index (χ1v) is 9.49. The van der Waals surface area contributed by atoms with Gasteiger partial charge in [0.25, 0.3) is 5.56 Å². The number of H-pyrrole nitrogens is 1. The van der Waals surface area contributed by atoms with E-state index in [2.05, 4.69) is 10.1 Å². The van der Waals surface area contributed by atoms with Gasteiger partial charge >= 0.3 is 5.97 Å². The molecule has 1 saturated carbocycles. The number of carbonyl (C=O) groups excluding carboxylic acids is 1. The van der Waals surface area contributed by atoms with Crippen LogP contribution in [-0.4, -0.2) is 45.9 Å². The predicted octanol–water partition coefficient (Wildman–Crippen LogP) is 1.89. The Labute approximate surface area is 161 Å². The zero-order valence-electron chi connectivity index (χ0n) is 15.6. The third-order valence-electron chi connectivity index (χ3n) is 6.19. The summed E-state index contributed by atoms with van der Waals surface area (Å²) in [5.41, 5.74) is 0.619. The standard InChI is InChI=1S/C20H21N5O3/c1-28-18(27)20-9-5-6-13(20)11-24(12-20)19-22-16-15(17(26)23-19)10-21-25(16)14-7-3-2-4-8-14/h2-4,7-8,10,13H,5-6,9,11-12H2,1H3,(H,22,23,26). The minimum atomic E-state index is -0.498. The number of hydrogen-bond acceptors (Lipinski definition) is 6. The number of esters is 1. The first kappa shape index (κ1) is 17.0. The summed E-state index contributed by atoms with van der Waals surface area (Å²) in [7, 11) is 1.44. The molecule has 2 aliphatic rings. The molecule has 0 radical (unpaired) electrons. The molecule has 2 aromatic heterocycles. The average molecular weight is 379 g/mol. The van der Waals surface area contributed by atoms with Gasteiger partial charge in [-0.05, 0) is 30.9 Å². The number of para-hydroxylation sites is 1. The van der Waals surface area contributed by atoms with Crippen molar-refractivity contribution in [3.8, 4) is 5.69 Å². The van der Waals surface area contributed by atoms with E-state index in [1.54, 1.807) is 4.68 Å². The summed E-state index contributed by atoms with van der Waals surface area (Å²) in [6.45, 7) is 1.20. The second-order valence-electron chi connectivity index (χ2n) is 7.64. The number of hydrogen-bond donors (Lipinski definition) is 1. The van der Waals surface area contributed by atoms with Crippen molar-refractivity contribution in [2.24, 2.45) is 11.3 Å². The first-order valence-electron chi connectivity index (χ1n) is 9.49. The average Bonchev–Trinajstić information content (AvgIpc) is 3.40. The van der Waals surface area contributed by atoms with Gasteiger partial charge in [0.2, 0.25) is 5.95 Å². The van der Waals surface area contributed by atoms with Gasteiger partial charge in [0.15, 0.2) is 5.65 Å². The maximum absolute atomic E-state index is 12.7. The highest BCUT2D eigenvalue weighted by atomic mass is 16.5. The molecule has 0 spiro atoms. The van der Waals surface area contributed by atoms with Gasteiger partial charge in [-0.15, -0.1) is 0 Å². The van der Waals surface area contributed by atoms with Gasteiger partial charge in [-0.2, -0.15) is 10.1 Å². The lowest BCUT2D eigenvalue weighted by molar-refractivity contribution is -0.152. The Balaban J connectivity index is 1.57. The molecule has 1 aliphatic heterocycles. The molecule has 2 unspecified atom stereocenters. The van der Waals surface area contributed by atoms with Gasteiger partial charge in [-0.3, -0.25) is 14.6 Å². The summed E-state index contributed by atoms with van der Waals surface area (Å²) in [5.74, 6) is 0.545. The van der Waals surface area contributed by atoms with E-state index in [1.807, 2.05) is 35.2 Å². The summed E-state index contributed by atoms with van der Waals surface area (Å²) in [6.07, 6.45) is 4.36. The highest BCUT2D eigenvalue weighted by Crippen LogP contribution is 2.50. The van der Waals surface area contributed by atoms with E-state index in [9.17, 15) is 9.59 Å². The molecule has 2 fully saturated rings. The summed E-state index contributed by atoms with van der Waals surface area (Å²) >= 11 is 0. The highest BCUT2D eigenvalue weighted by molar-refractivity contribution is 5.80. The molecule has 3 aromatic rings. The molecule has 8 nitrogen and oxygen atoms in total. The minimum Gasteiger partial charge on any atom is -0.469 e. The number of ether oxygens (including phenoxy) is 1. The molecule has 3 heterocycles. The fourth-order valence-electron chi connectivity index (χ4n) is 4.80. The lowest BCUT2D eigenvalue weighted by Crippen LogP contribution is -2.37. The number of aromatic nitrogens is 4. The zero-order valence-corrected chi connectivity index (χ0v) is 15.6. The molecule has 1 N–H and O–H groups in total. The van der Waals surface area contributed by atoms with E-state index in [4.69, 9.17) is 9.72 Å². The third-order valence-corrected chi connectivity index (χ3v) is 6.19. The van der Waals surface area contributed by atoms with Gasteiger partial charge in [0.1, 0.15) is 5.39 Å². The van der Waals surface area contributed by atoms with E-state index < -0.39 is 5.41 Å². The number of aromatic amines is 1. The van der Waals surface area contributed by atoms with Crippen molar-refractivity contribution in [2.75, 3.05) is 25.1 Å². The fraction of sp³-hybridized carbons (Fsp3) is 0.400. The molecule has 0 amide bonds. The number of methoxy groups -OCH3 is 1. The van der Waals surface area contributed by atoms with Crippen LogP contribution in [0.4, 0.5) is 5.95 Å². The van der Waals surface area contributed by atoms with Crippen molar-refractivity contribution in [1.29, 1.82) is 0 Å². The summed E-state index contributed by atoms with van der Waals surface area (Å²) in [5, 5.41) is 4.79. The second kappa shape index (κ2) is 6.19. The maximum Gasteiger partial charge on any atom is 0.313 e. The van der Waals surface area contributed by atoms with Crippen molar-refractivity contribution >= 4 is 23.0 Å². The van der Waals surface area contributed by atoms with Gasteiger partial charge in [0.05, 0.1) is 24.4 Å². The van der Waals surface area contributed by atoms with Crippen LogP contribution in [0.3, 0.4) is 0 Å². The van der Waals surface area contributed by atoms with Crippen LogP contribution in [0.15, 0.2) is 41.3 Å². The molecule has 5 rings (SSSR count). The molecule has 2 atom stereocenters. The minimum absolute atomic E-state index is 0.157. The highest BCUT2D eigenvalue weighted by Gasteiger charge is 2.55. The molecule has 1 aliphatic carbocycles. The second-order valence-corrected chi connectivity index (χ2v) is 7.64. The maximum atomic E-state index is 12.7. The Morgan fingerprint density at radius 2 is 2.14 bits per heavy atom. The van der Waals surface area contributed by atoms with Crippen LogP contribution in [0.25, 0.3) is 16.7 Å². The summed E-state index contributed by atoms with van der Waals surface area (Å²) in [4.78, 5) is 34.8. The lowest BCUT2D eigenvalue weighted by Gasteiger charge is -2.25. The van der Waals surface area contributed by atoms with Crippen molar-refractivity contribution in [3.63, 3.8) is 0 Å². The number of nitrogens with one attached hydrogen (secondary N) is 1. The SMILES string of the molecule is COC(=O)C12CCCC1CN(c1nc3c(cnn3-c3ccccc3)c(=O)[nH]1)C2. The quantitative estimate of drug-likeness (QED) is 0.699. The zero-order chi connectivity index (χ0) is 19.3. The molecule has 0 bridgehead atoms. The number of benzene rings is 1. The number of rotatable bonds is 3. The van der Waals surface area contributed by atoms with E-state index in [1.165, 1.54) is 13.3 Å². The van der Waals surface area contributed by atoms with Crippen molar-refractivity contribution in [3.05, 3.63) is 46.9 Å². The summed E-state index contributed by atoms with van der Waals surface area (Å²) < 4.78 is 6.78. The predicted molar refractivity (Wildman–Crippen MR) is 103 cm³/mol. The Kier molecular flexibility index (Phi) is 3.75. The molecular formula is C20H21N5O3. The van der Waals surface area contributed by atoms with Crippen LogP contribution in [0.1, 0.15) is 19.3 Å². The number of anilines is 1. The number of fused-ring (bicyclic) bond motifs is 2. The Morgan fingerprint density at radius 3 is 2.93 bits per heavy atom. The van der Waals surface area contributed by atoms with Gasteiger partial charge < -0.3 is 9.64 Å². The van der Waals surface area contributed by atoms with Crippen molar-refractivity contribution < 1.29 is 9.53 Å². The molecule has 1 saturated heterocycles. The van der Waals surface area contributed by atoms with Crippen LogP contribution in [0, 0.1) is 11.3 Å². The Morgan fingerprint density at radius 1 is 1.32 bits per heavy atom. The largest absolute Gasteiger partial charge is 0.469 e. The molecule has 144 valence electrons. The molecular weight excluding hydrogens is 358 g/mol. The number of nitrogens with zero attached hydrogens (tertiary/aromatic N) is 4. The van der Waals surface area contributed by atoms with Gasteiger partial charge in [-0.1, -0.05) is 24.6 Å². The van der Waals surface area contributed by atoms with Gasteiger partial charge in [-0.25, -0.2) is 4.68 Å². The number of carbonyl (C=O) groups is 1. The molecule has 1 aromatic carbocycles. The smallest absolute Gasteiger partial charge is 0.313 e. The van der Waals surface area contributed by atoms with Crippen LogP contribution in [0.5, 0.6) is 0 Å². The van der Waals surface area contributed by atoms with Crippen LogP contribution < -0.4 is 10.5 Å². The molecule has 8 heteroatoms. The summed E-state index contributed by atoms with van der Waals surface area (Å²) in [6, 6.07) is 9.59. The molecule has 28 heavy (non-hydrogen) atoms. The van der Waals surface area contributed by atoms with E-state index in [0.717, 1.165) is 24.9 Å². The Hall–Kier alpha value is -3.16. The monoisotopic (exact) mass is 379 g/mol. The normalized spacial score (nSPS) is 23.9. The van der Waals surface area contributed by atoms with Crippen molar-refractivity contribution in [2.45, 2.75) is 19.3 Å². The first-order chi connectivity index (χ1) is 13.6. The van der Waals surface area contributed by atoms with Crippen LogP contribution in [-0.2, 0) is 9.53 Å². The van der Waals surface area contributed by atoms with Crippen LogP contribution in [0.2, 0.25) is 0 Å². The Bertz CT molecular complexity index is 1110. The third kappa shape index (κ3) is 2.37.